The zero-order chi connectivity index (χ0) is 11.5. The molecule has 0 aromatic heterocycles. The molecule has 1 rings (SSSR count). The molecule has 4 heteroatoms. The van der Waals surface area contributed by atoms with Gasteiger partial charge in [-0.05, 0) is 12.8 Å². The van der Waals surface area contributed by atoms with Crippen LogP contribution in [0.25, 0.3) is 0 Å². The molecule has 15 heavy (non-hydrogen) atoms. The summed E-state index contributed by atoms with van der Waals surface area (Å²) in [6.45, 7) is 4.01. The molecule has 0 heterocycles. The van der Waals surface area contributed by atoms with Gasteiger partial charge in [0.2, 0.25) is 5.91 Å². The van der Waals surface area contributed by atoms with Crippen molar-refractivity contribution in [2.45, 2.75) is 25.7 Å². The van der Waals surface area contributed by atoms with Gasteiger partial charge < -0.3 is 10.0 Å². The Morgan fingerprint density at radius 1 is 1.53 bits per heavy atom. The molecule has 1 aliphatic carbocycles. The molecule has 0 aliphatic heterocycles. The predicted molar refractivity (Wildman–Crippen MR) is 56.4 cm³/mol. The number of carbonyl (C=O) groups excluding carboxylic acids is 1. The molecule has 0 aromatic rings. The SMILES string of the molecule is C=CCN(C)C(=O)CC1(C(=O)O)CCC1. The van der Waals surface area contributed by atoms with Gasteiger partial charge in [-0.2, -0.15) is 0 Å². The number of nitrogens with zero attached hydrogens (tertiary/aromatic N) is 1. The van der Waals surface area contributed by atoms with Crippen molar-refractivity contribution in [3.63, 3.8) is 0 Å². The van der Waals surface area contributed by atoms with Gasteiger partial charge in [-0.15, -0.1) is 6.58 Å². The Morgan fingerprint density at radius 3 is 2.47 bits per heavy atom. The van der Waals surface area contributed by atoms with Crippen LogP contribution in [0.15, 0.2) is 12.7 Å². The summed E-state index contributed by atoms with van der Waals surface area (Å²) in [6.07, 6.45) is 3.90. The van der Waals surface area contributed by atoms with Crippen molar-refractivity contribution in [2.75, 3.05) is 13.6 Å². The van der Waals surface area contributed by atoms with Crippen LogP contribution in [0.3, 0.4) is 0 Å². The van der Waals surface area contributed by atoms with Gasteiger partial charge >= 0.3 is 5.97 Å². The summed E-state index contributed by atoms with van der Waals surface area (Å²) in [4.78, 5) is 24.2. The molecular formula is C11H17NO3. The number of rotatable bonds is 5. The number of hydrogen-bond donors (Lipinski definition) is 1. The van der Waals surface area contributed by atoms with E-state index in [0.29, 0.717) is 19.4 Å². The van der Waals surface area contributed by atoms with E-state index in [9.17, 15) is 9.59 Å². The first-order valence-electron chi connectivity index (χ1n) is 5.10. The topological polar surface area (TPSA) is 57.6 Å². The average Bonchev–Trinajstić information content (AvgIpc) is 2.10. The van der Waals surface area contributed by atoms with Gasteiger partial charge in [-0.25, -0.2) is 0 Å². The van der Waals surface area contributed by atoms with Crippen LogP contribution in [-0.2, 0) is 9.59 Å². The van der Waals surface area contributed by atoms with Crippen LogP contribution in [0.1, 0.15) is 25.7 Å². The Kier molecular flexibility index (Phi) is 3.50. The third-order valence-corrected chi connectivity index (χ3v) is 3.08. The summed E-state index contributed by atoms with van der Waals surface area (Å²) in [6, 6.07) is 0. The second-order valence-electron chi connectivity index (χ2n) is 4.18. The van der Waals surface area contributed by atoms with E-state index in [4.69, 9.17) is 5.11 Å². The monoisotopic (exact) mass is 211 g/mol. The first-order chi connectivity index (χ1) is 7.02. The van der Waals surface area contributed by atoms with E-state index in [0.717, 1.165) is 6.42 Å². The Balaban J connectivity index is 2.56. The third kappa shape index (κ3) is 2.37. The molecule has 0 aromatic carbocycles. The van der Waals surface area contributed by atoms with Crippen LogP contribution >= 0.6 is 0 Å². The van der Waals surface area contributed by atoms with Crippen molar-refractivity contribution in [1.29, 1.82) is 0 Å². The zero-order valence-corrected chi connectivity index (χ0v) is 9.03. The Labute approximate surface area is 89.6 Å². The van der Waals surface area contributed by atoms with Crippen molar-refractivity contribution in [1.82, 2.24) is 4.90 Å². The maximum atomic E-state index is 11.7. The van der Waals surface area contributed by atoms with E-state index >= 15 is 0 Å². The normalized spacial score (nSPS) is 17.7. The summed E-state index contributed by atoms with van der Waals surface area (Å²) < 4.78 is 0. The second kappa shape index (κ2) is 4.47. The number of carbonyl (C=O) groups is 2. The minimum absolute atomic E-state index is 0.114. The first kappa shape index (κ1) is 11.8. The predicted octanol–water partition coefficient (Wildman–Crippen LogP) is 1.28. The molecule has 0 spiro atoms. The highest BCUT2D eigenvalue weighted by atomic mass is 16.4. The molecule has 0 unspecified atom stereocenters. The third-order valence-electron chi connectivity index (χ3n) is 3.08. The van der Waals surface area contributed by atoms with E-state index in [1.807, 2.05) is 0 Å². The Hall–Kier alpha value is -1.32. The van der Waals surface area contributed by atoms with Crippen LogP contribution in [-0.4, -0.2) is 35.5 Å². The highest BCUT2D eigenvalue weighted by Crippen LogP contribution is 2.44. The summed E-state index contributed by atoms with van der Waals surface area (Å²) in [7, 11) is 1.66. The molecule has 1 fully saturated rings. The van der Waals surface area contributed by atoms with Crippen LogP contribution in [0, 0.1) is 5.41 Å². The molecule has 1 aliphatic rings. The highest BCUT2D eigenvalue weighted by molar-refractivity contribution is 5.85. The highest BCUT2D eigenvalue weighted by Gasteiger charge is 2.46. The molecule has 1 saturated carbocycles. The lowest BCUT2D eigenvalue weighted by molar-refractivity contribution is -0.159. The van der Waals surface area contributed by atoms with Crippen LogP contribution in [0.5, 0.6) is 0 Å². The molecule has 0 radical (unpaired) electrons. The van der Waals surface area contributed by atoms with E-state index in [2.05, 4.69) is 6.58 Å². The molecule has 4 nitrogen and oxygen atoms in total. The van der Waals surface area contributed by atoms with Gasteiger partial charge in [0, 0.05) is 20.0 Å². The van der Waals surface area contributed by atoms with Crippen molar-refractivity contribution < 1.29 is 14.7 Å². The maximum absolute atomic E-state index is 11.7. The Morgan fingerprint density at radius 2 is 2.13 bits per heavy atom. The van der Waals surface area contributed by atoms with Crippen LogP contribution < -0.4 is 0 Å². The zero-order valence-electron chi connectivity index (χ0n) is 9.03. The van der Waals surface area contributed by atoms with E-state index in [-0.39, 0.29) is 12.3 Å². The number of aliphatic carboxylic acids is 1. The Bertz CT molecular complexity index is 282. The van der Waals surface area contributed by atoms with Gasteiger partial charge in [0.05, 0.1) is 5.41 Å². The van der Waals surface area contributed by atoms with E-state index in [1.165, 1.54) is 4.90 Å². The number of carboxylic acid groups (broad SMARTS) is 1. The van der Waals surface area contributed by atoms with E-state index in [1.54, 1.807) is 13.1 Å². The standard InChI is InChI=1S/C11H17NO3/c1-3-7-12(2)9(13)8-11(10(14)15)5-4-6-11/h3H,1,4-8H2,2H3,(H,14,15). The summed E-state index contributed by atoms with van der Waals surface area (Å²) in [5, 5.41) is 9.05. The first-order valence-corrected chi connectivity index (χ1v) is 5.10. The largest absolute Gasteiger partial charge is 0.481 e. The van der Waals surface area contributed by atoms with Gasteiger partial charge in [0.25, 0.3) is 0 Å². The molecule has 1 N–H and O–H groups in total. The van der Waals surface area contributed by atoms with Gasteiger partial charge in [-0.1, -0.05) is 12.5 Å². The van der Waals surface area contributed by atoms with E-state index < -0.39 is 11.4 Å². The van der Waals surface area contributed by atoms with Crippen molar-refractivity contribution in [2.24, 2.45) is 5.41 Å². The minimum Gasteiger partial charge on any atom is -0.481 e. The number of hydrogen-bond acceptors (Lipinski definition) is 2. The number of carboxylic acids is 1. The van der Waals surface area contributed by atoms with Crippen molar-refractivity contribution in [3.05, 3.63) is 12.7 Å². The fraction of sp³-hybridized carbons (Fsp3) is 0.636. The fourth-order valence-corrected chi connectivity index (χ4v) is 1.79. The lowest BCUT2D eigenvalue weighted by Crippen LogP contribution is -2.43. The van der Waals surface area contributed by atoms with Crippen molar-refractivity contribution >= 4 is 11.9 Å². The maximum Gasteiger partial charge on any atom is 0.310 e. The lowest BCUT2D eigenvalue weighted by Gasteiger charge is -2.37. The summed E-state index contributed by atoms with van der Waals surface area (Å²) >= 11 is 0. The second-order valence-corrected chi connectivity index (χ2v) is 4.18. The molecular weight excluding hydrogens is 194 g/mol. The van der Waals surface area contributed by atoms with Gasteiger partial charge in [0.1, 0.15) is 0 Å². The average molecular weight is 211 g/mol. The van der Waals surface area contributed by atoms with Crippen LogP contribution in [0.2, 0.25) is 0 Å². The molecule has 0 atom stereocenters. The fourth-order valence-electron chi connectivity index (χ4n) is 1.79. The summed E-state index contributed by atoms with van der Waals surface area (Å²) in [5.41, 5.74) is -0.785. The molecule has 0 bridgehead atoms. The lowest BCUT2D eigenvalue weighted by atomic mass is 9.66. The molecule has 0 saturated heterocycles. The molecule has 1 amide bonds. The van der Waals surface area contributed by atoms with Crippen LogP contribution in [0.4, 0.5) is 0 Å². The summed E-state index contributed by atoms with van der Waals surface area (Å²) in [5.74, 6) is -0.953. The van der Waals surface area contributed by atoms with Gasteiger partial charge in [0.15, 0.2) is 0 Å². The minimum atomic E-state index is -0.839. The smallest absolute Gasteiger partial charge is 0.310 e. The number of amides is 1. The van der Waals surface area contributed by atoms with Gasteiger partial charge in [-0.3, -0.25) is 9.59 Å². The quantitative estimate of drug-likeness (QED) is 0.697. The number of likely N-dealkylation sites (N-methyl/N-ethyl adjacent to an activating group) is 1. The molecule has 84 valence electrons. The van der Waals surface area contributed by atoms with Crippen molar-refractivity contribution in [3.8, 4) is 0 Å².